The van der Waals surface area contributed by atoms with Crippen molar-refractivity contribution in [1.82, 2.24) is 14.8 Å². The van der Waals surface area contributed by atoms with E-state index in [0.29, 0.717) is 5.69 Å². The molecule has 0 amide bonds. The van der Waals surface area contributed by atoms with Gasteiger partial charge in [-0.2, -0.15) is 10.4 Å². The minimum absolute atomic E-state index is 0.0663. The molecule has 7 nitrogen and oxygen atoms in total. The summed E-state index contributed by atoms with van der Waals surface area (Å²) in [5.41, 5.74) is 0.765. The molecule has 2 heterocycles. The Morgan fingerprint density at radius 2 is 2.11 bits per heavy atom. The van der Waals surface area contributed by atoms with E-state index < -0.39 is 22.9 Å². The number of H-pyrrole nitrogens is 1. The highest BCUT2D eigenvalue weighted by atomic mass is 19.1. The molecule has 2 aromatic carbocycles. The Bertz CT molecular complexity index is 1520. The molecule has 1 aliphatic carbocycles. The van der Waals surface area contributed by atoms with Gasteiger partial charge in [0.05, 0.1) is 30.4 Å². The molecule has 180 valence electrons. The molecule has 1 saturated carbocycles. The number of hydrogen-bond acceptors (Lipinski definition) is 4. The molecule has 0 spiro atoms. The van der Waals surface area contributed by atoms with Gasteiger partial charge in [0.15, 0.2) is 11.6 Å². The maximum absolute atomic E-state index is 14.9. The number of aromatic nitrogens is 3. The van der Waals surface area contributed by atoms with E-state index >= 15 is 0 Å². The van der Waals surface area contributed by atoms with Gasteiger partial charge >= 0.3 is 5.97 Å². The molecule has 0 saturated heterocycles. The lowest BCUT2D eigenvalue weighted by atomic mass is 9.66. The van der Waals surface area contributed by atoms with Crippen molar-refractivity contribution in [1.29, 1.82) is 5.26 Å². The Balaban J connectivity index is 1.87. The van der Waals surface area contributed by atoms with Gasteiger partial charge in [-0.05, 0) is 48.6 Å². The number of halogens is 2. The number of nitrogens with zero attached hydrogens (tertiary/aromatic N) is 3. The highest BCUT2D eigenvalue weighted by molar-refractivity contribution is 5.99. The van der Waals surface area contributed by atoms with Crippen LogP contribution >= 0.6 is 0 Å². The molecule has 1 aliphatic rings. The second kappa shape index (κ2) is 7.80. The van der Waals surface area contributed by atoms with Gasteiger partial charge in [-0.25, -0.2) is 13.6 Å². The quantitative estimate of drug-likeness (QED) is 0.380. The van der Waals surface area contributed by atoms with Crippen molar-refractivity contribution >= 4 is 27.8 Å². The predicted octanol–water partition coefficient (Wildman–Crippen LogP) is 5.52. The van der Waals surface area contributed by atoms with Gasteiger partial charge in [-0.15, -0.1) is 0 Å². The number of carbonyl (C=O) groups is 1. The molecule has 0 unspecified atom stereocenters. The molecule has 0 radical (unpaired) electrons. The second-order valence-corrected chi connectivity index (χ2v) is 9.84. The number of carboxylic acid groups (broad SMARTS) is 1. The first kappa shape index (κ1) is 22.8. The Morgan fingerprint density at radius 1 is 1.37 bits per heavy atom. The lowest BCUT2D eigenvalue weighted by molar-refractivity contribution is -0.158. The number of rotatable bonds is 6. The van der Waals surface area contributed by atoms with E-state index in [9.17, 15) is 23.9 Å². The summed E-state index contributed by atoms with van der Waals surface area (Å²) < 4.78 is 36.4. The molecule has 4 aromatic rings. The smallest absolute Gasteiger partial charge is 0.341 e. The molecule has 2 aromatic heterocycles. The van der Waals surface area contributed by atoms with Crippen molar-refractivity contribution in [3.63, 3.8) is 0 Å². The van der Waals surface area contributed by atoms with Gasteiger partial charge in [0.25, 0.3) is 0 Å². The van der Waals surface area contributed by atoms with E-state index in [-0.39, 0.29) is 30.9 Å². The van der Waals surface area contributed by atoms with Crippen molar-refractivity contribution in [2.24, 2.45) is 0 Å². The van der Waals surface area contributed by atoms with Gasteiger partial charge in [0, 0.05) is 40.1 Å². The summed E-state index contributed by atoms with van der Waals surface area (Å²) in [5.74, 6) is -2.27. The SMILES string of the molecule is COc1cc(-n2c(C(C)(C)CC#N)c(C3CC(F)(C(=O)O)C3)c3cc4[nH]ncc4cc32)ccc1F. The standard InChI is InChI=1S/C26H24F2N4O3/c1-25(2,6-7-29)23-22(15-11-26(28,12-15)24(33)34)17-10-19-14(13-30-31-19)8-20(17)32(23)16-4-5-18(27)21(9-16)35-3/h4-5,8-10,13,15H,6,11-12H2,1-3H3,(H,30,31)(H,33,34). The van der Waals surface area contributed by atoms with E-state index in [1.165, 1.54) is 13.2 Å². The zero-order chi connectivity index (χ0) is 25.1. The fraction of sp³-hybridized carbons (Fsp3) is 0.346. The molecule has 0 bridgehead atoms. The van der Waals surface area contributed by atoms with Crippen LogP contribution in [-0.4, -0.2) is 38.6 Å². The molecular weight excluding hydrogens is 454 g/mol. The zero-order valence-electron chi connectivity index (χ0n) is 19.5. The van der Waals surface area contributed by atoms with Crippen LogP contribution in [0.1, 0.15) is 50.3 Å². The summed E-state index contributed by atoms with van der Waals surface area (Å²) in [4.78, 5) is 11.5. The summed E-state index contributed by atoms with van der Waals surface area (Å²) in [7, 11) is 1.39. The van der Waals surface area contributed by atoms with Crippen LogP contribution in [0.4, 0.5) is 8.78 Å². The number of nitriles is 1. The van der Waals surface area contributed by atoms with Gasteiger partial charge < -0.3 is 14.4 Å². The molecule has 0 aliphatic heterocycles. The van der Waals surface area contributed by atoms with Gasteiger partial charge in [0.2, 0.25) is 5.67 Å². The van der Waals surface area contributed by atoms with Crippen LogP contribution in [0.25, 0.3) is 27.5 Å². The third kappa shape index (κ3) is 3.43. The van der Waals surface area contributed by atoms with E-state index in [1.54, 1.807) is 18.3 Å². The average Bonchev–Trinajstić information content (AvgIpc) is 3.37. The molecule has 35 heavy (non-hydrogen) atoms. The zero-order valence-corrected chi connectivity index (χ0v) is 19.5. The summed E-state index contributed by atoms with van der Waals surface area (Å²) in [6, 6.07) is 10.6. The topological polar surface area (TPSA) is 104 Å². The lowest BCUT2D eigenvalue weighted by Crippen LogP contribution is -2.46. The first-order valence-corrected chi connectivity index (χ1v) is 11.2. The minimum Gasteiger partial charge on any atom is -0.494 e. The van der Waals surface area contributed by atoms with Gasteiger partial charge in [-0.1, -0.05) is 13.8 Å². The highest BCUT2D eigenvalue weighted by Crippen LogP contribution is 2.53. The van der Waals surface area contributed by atoms with Crippen LogP contribution in [0.5, 0.6) is 5.75 Å². The second-order valence-electron chi connectivity index (χ2n) is 9.84. The van der Waals surface area contributed by atoms with Crippen molar-refractivity contribution in [2.45, 2.75) is 50.1 Å². The Morgan fingerprint density at radius 3 is 2.77 bits per heavy atom. The minimum atomic E-state index is -2.28. The number of hydrogen-bond donors (Lipinski definition) is 2. The van der Waals surface area contributed by atoms with E-state index in [0.717, 1.165) is 33.1 Å². The monoisotopic (exact) mass is 478 g/mol. The summed E-state index contributed by atoms with van der Waals surface area (Å²) >= 11 is 0. The number of fused-ring (bicyclic) bond motifs is 2. The predicted molar refractivity (Wildman–Crippen MR) is 126 cm³/mol. The van der Waals surface area contributed by atoms with Crippen LogP contribution in [0.3, 0.4) is 0 Å². The van der Waals surface area contributed by atoms with Crippen molar-refractivity contribution in [3.8, 4) is 17.5 Å². The van der Waals surface area contributed by atoms with E-state index in [2.05, 4.69) is 16.3 Å². The van der Waals surface area contributed by atoms with Crippen molar-refractivity contribution in [3.05, 3.63) is 53.6 Å². The Hall–Kier alpha value is -3.93. The van der Waals surface area contributed by atoms with Crippen LogP contribution < -0.4 is 4.74 Å². The maximum Gasteiger partial charge on any atom is 0.341 e. The molecule has 1 fully saturated rings. The number of ether oxygens (including phenoxy) is 1. The van der Waals surface area contributed by atoms with Crippen LogP contribution in [-0.2, 0) is 10.2 Å². The third-order valence-corrected chi connectivity index (χ3v) is 7.05. The largest absolute Gasteiger partial charge is 0.494 e. The number of alkyl halides is 1. The molecule has 0 atom stereocenters. The maximum atomic E-state index is 14.9. The first-order valence-electron chi connectivity index (χ1n) is 11.2. The normalized spacial score (nSPS) is 20.1. The summed E-state index contributed by atoms with van der Waals surface area (Å²) in [6.45, 7) is 3.86. The molecule has 2 N–H and O–H groups in total. The van der Waals surface area contributed by atoms with E-state index in [1.807, 2.05) is 30.5 Å². The average molecular weight is 478 g/mol. The van der Waals surface area contributed by atoms with Crippen LogP contribution in [0.2, 0.25) is 0 Å². The lowest BCUT2D eigenvalue weighted by Gasteiger charge is -2.40. The number of benzene rings is 2. The van der Waals surface area contributed by atoms with Crippen molar-refractivity contribution < 1.29 is 23.4 Å². The number of methoxy groups -OCH3 is 1. The number of carboxylic acids is 1. The summed E-state index contributed by atoms with van der Waals surface area (Å²) in [5, 5.41) is 27.7. The first-order chi connectivity index (χ1) is 16.6. The number of nitrogens with one attached hydrogen (secondary N) is 1. The Labute approximate surface area is 199 Å². The number of aliphatic carboxylic acids is 1. The Kier molecular flexibility index (Phi) is 5.09. The van der Waals surface area contributed by atoms with Crippen LogP contribution in [0.15, 0.2) is 36.5 Å². The fourth-order valence-corrected chi connectivity index (χ4v) is 5.27. The third-order valence-electron chi connectivity index (χ3n) is 7.05. The highest BCUT2D eigenvalue weighted by Gasteiger charge is 2.53. The summed E-state index contributed by atoms with van der Waals surface area (Å²) in [6.07, 6.45) is 1.54. The molecule has 5 rings (SSSR count). The number of aromatic amines is 1. The fourth-order valence-electron chi connectivity index (χ4n) is 5.27. The van der Waals surface area contributed by atoms with Crippen molar-refractivity contribution in [2.75, 3.05) is 7.11 Å². The van der Waals surface area contributed by atoms with Gasteiger partial charge in [0.1, 0.15) is 0 Å². The van der Waals surface area contributed by atoms with E-state index in [4.69, 9.17) is 4.74 Å². The van der Waals surface area contributed by atoms with Crippen LogP contribution in [0, 0.1) is 17.1 Å². The molecular formula is C26H24F2N4O3. The van der Waals surface area contributed by atoms with Gasteiger partial charge in [-0.3, -0.25) is 5.10 Å². The molecule has 9 heteroatoms.